The van der Waals surface area contributed by atoms with Crippen molar-refractivity contribution in [2.75, 3.05) is 13.7 Å². The Morgan fingerprint density at radius 3 is 2.93 bits per heavy atom. The number of nitrogens with zero attached hydrogens (tertiary/aromatic N) is 6. The van der Waals surface area contributed by atoms with E-state index in [0.29, 0.717) is 11.7 Å². The minimum Gasteiger partial charge on any atom is -0.496 e. The molecule has 0 amide bonds. The zero-order chi connectivity index (χ0) is 20.3. The van der Waals surface area contributed by atoms with Crippen molar-refractivity contribution in [3.63, 3.8) is 0 Å². The molecule has 1 fully saturated rings. The number of hydrogen-bond donors (Lipinski definition) is 0. The summed E-state index contributed by atoms with van der Waals surface area (Å²) >= 11 is 0. The second-order valence-electron chi connectivity index (χ2n) is 7.27. The summed E-state index contributed by atoms with van der Waals surface area (Å²) in [5.74, 6) is 2.90. The molecule has 4 aromatic rings. The Bertz CT molecular complexity index is 1110. The number of imidazole rings is 1. The van der Waals surface area contributed by atoms with E-state index >= 15 is 0 Å². The van der Waals surface area contributed by atoms with Gasteiger partial charge in [-0.05, 0) is 37.6 Å². The zero-order valence-corrected chi connectivity index (χ0v) is 16.7. The van der Waals surface area contributed by atoms with Crippen LogP contribution in [0.3, 0.4) is 0 Å². The Morgan fingerprint density at radius 2 is 2.13 bits per heavy atom. The van der Waals surface area contributed by atoms with Crippen LogP contribution in [0.1, 0.15) is 30.3 Å². The number of methoxy groups -OCH3 is 1. The van der Waals surface area contributed by atoms with E-state index in [9.17, 15) is 0 Å². The van der Waals surface area contributed by atoms with Gasteiger partial charge in [-0.3, -0.25) is 9.47 Å². The van der Waals surface area contributed by atoms with Crippen molar-refractivity contribution in [2.24, 2.45) is 0 Å². The normalized spacial score (nSPS) is 16.8. The Labute approximate surface area is 174 Å². The molecule has 1 aliphatic heterocycles. The van der Waals surface area contributed by atoms with Gasteiger partial charge in [0.15, 0.2) is 0 Å². The highest BCUT2D eigenvalue weighted by molar-refractivity contribution is 5.53. The van der Waals surface area contributed by atoms with Crippen LogP contribution in [-0.2, 0) is 6.54 Å². The highest BCUT2D eigenvalue weighted by Crippen LogP contribution is 2.34. The Balaban J connectivity index is 1.34. The first-order valence-electron chi connectivity index (χ1n) is 9.96. The molecule has 152 valence electrons. The van der Waals surface area contributed by atoms with Crippen LogP contribution < -0.4 is 4.74 Å². The van der Waals surface area contributed by atoms with E-state index < -0.39 is 0 Å². The molecule has 0 saturated carbocycles. The van der Waals surface area contributed by atoms with Crippen molar-refractivity contribution in [3.05, 3.63) is 72.8 Å². The monoisotopic (exact) mass is 402 g/mol. The molecule has 0 radical (unpaired) electrons. The first-order valence-corrected chi connectivity index (χ1v) is 9.96. The quantitative estimate of drug-likeness (QED) is 0.487. The highest BCUT2D eigenvalue weighted by Gasteiger charge is 2.31. The molecule has 0 spiro atoms. The number of para-hydroxylation sites is 1. The Kier molecular flexibility index (Phi) is 4.98. The molecule has 1 saturated heterocycles. The maximum absolute atomic E-state index is 5.65. The predicted octanol–water partition coefficient (Wildman–Crippen LogP) is 3.66. The first-order chi connectivity index (χ1) is 14.8. The summed E-state index contributed by atoms with van der Waals surface area (Å²) in [6, 6.07) is 12.1. The zero-order valence-electron chi connectivity index (χ0n) is 16.7. The second kappa shape index (κ2) is 8.08. The van der Waals surface area contributed by atoms with Gasteiger partial charge in [0.2, 0.25) is 11.7 Å². The fraction of sp³-hybridized carbons (Fsp3) is 0.273. The number of rotatable bonds is 6. The van der Waals surface area contributed by atoms with E-state index in [1.807, 2.05) is 41.1 Å². The number of likely N-dealkylation sites (tertiary alicyclic amines) is 1. The summed E-state index contributed by atoms with van der Waals surface area (Å²) in [4.78, 5) is 15.6. The third-order valence-corrected chi connectivity index (χ3v) is 5.43. The summed E-state index contributed by atoms with van der Waals surface area (Å²) in [6.07, 6.45) is 9.13. The summed E-state index contributed by atoms with van der Waals surface area (Å²) in [5.41, 5.74) is 1.98. The molecule has 1 aromatic carbocycles. The van der Waals surface area contributed by atoms with Crippen LogP contribution in [0.25, 0.3) is 17.2 Å². The second-order valence-corrected chi connectivity index (χ2v) is 7.27. The van der Waals surface area contributed by atoms with E-state index in [1.54, 1.807) is 25.8 Å². The smallest absolute Gasteiger partial charge is 0.244 e. The topological polar surface area (TPSA) is 82.1 Å². The Hall–Kier alpha value is -3.52. The van der Waals surface area contributed by atoms with Crippen LogP contribution in [0.15, 0.2) is 65.8 Å². The summed E-state index contributed by atoms with van der Waals surface area (Å²) in [5, 5.41) is 4.20. The van der Waals surface area contributed by atoms with Crippen LogP contribution in [0.4, 0.5) is 0 Å². The third kappa shape index (κ3) is 3.57. The standard InChI is InChI=1S/C22H22N6O2/c1-29-19-7-3-2-5-17(19)14-27-11-4-6-18(27)22-25-21(26-30-22)16-8-9-20(24-13-16)28-12-10-23-15-28/h2-3,5,7-10,12-13,15,18H,4,6,11,14H2,1H3/t18-/m0/s1. The molecule has 1 aliphatic rings. The third-order valence-electron chi connectivity index (χ3n) is 5.43. The minimum atomic E-state index is 0.106. The lowest BCUT2D eigenvalue weighted by molar-refractivity contribution is 0.199. The number of ether oxygens (including phenoxy) is 1. The molecular weight excluding hydrogens is 380 g/mol. The molecule has 30 heavy (non-hydrogen) atoms. The SMILES string of the molecule is COc1ccccc1CN1CCC[C@H]1c1nc(-c2ccc(-n3ccnc3)nc2)no1. The summed E-state index contributed by atoms with van der Waals surface area (Å²) in [6.45, 7) is 1.77. The molecule has 1 atom stereocenters. The molecule has 5 rings (SSSR count). The van der Waals surface area contributed by atoms with Gasteiger partial charge in [-0.25, -0.2) is 9.97 Å². The molecule has 0 unspecified atom stereocenters. The average molecular weight is 402 g/mol. The minimum absolute atomic E-state index is 0.106. The highest BCUT2D eigenvalue weighted by atomic mass is 16.5. The molecule has 0 aliphatic carbocycles. The lowest BCUT2D eigenvalue weighted by atomic mass is 10.1. The fourth-order valence-electron chi connectivity index (χ4n) is 3.90. The largest absolute Gasteiger partial charge is 0.496 e. The maximum atomic E-state index is 5.65. The van der Waals surface area contributed by atoms with Gasteiger partial charge in [0.1, 0.15) is 17.9 Å². The molecule has 4 heterocycles. The molecule has 0 bridgehead atoms. The molecule has 3 aromatic heterocycles. The number of aromatic nitrogens is 5. The van der Waals surface area contributed by atoms with E-state index in [2.05, 4.69) is 31.1 Å². The molecule has 0 N–H and O–H groups in total. The van der Waals surface area contributed by atoms with Crippen molar-refractivity contribution >= 4 is 0 Å². The summed E-state index contributed by atoms with van der Waals surface area (Å²) in [7, 11) is 1.71. The fourth-order valence-corrected chi connectivity index (χ4v) is 3.90. The van der Waals surface area contributed by atoms with E-state index in [1.165, 1.54) is 0 Å². The van der Waals surface area contributed by atoms with Gasteiger partial charge in [-0.15, -0.1) is 0 Å². The number of pyridine rings is 1. The molecule has 8 heteroatoms. The van der Waals surface area contributed by atoms with Crippen molar-refractivity contribution in [3.8, 4) is 23.0 Å². The molecular formula is C22H22N6O2. The van der Waals surface area contributed by atoms with Crippen LogP contribution in [-0.4, -0.2) is 43.2 Å². The molecule has 8 nitrogen and oxygen atoms in total. The Morgan fingerprint density at radius 1 is 1.20 bits per heavy atom. The van der Waals surface area contributed by atoms with Crippen molar-refractivity contribution in [2.45, 2.75) is 25.4 Å². The number of benzene rings is 1. The van der Waals surface area contributed by atoms with Crippen LogP contribution in [0.2, 0.25) is 0 Å². The first kappa shape index (κ1) is 18.5. The van der Waals surface area contributed by atoms with Crippen molar-refractivity contribution < 1.29 is 9.26 Å². The van der Waals surface area contributed by atoms with E-state index in [-0.39, 0.29) is 6.04 Å². The van der Waals surface area contributed by atoms with Crippen LogP contribution >= 0.6 is 0 Å². The van der Waals surface area contributed by atoms with Gasteiger partial charge in [0.25, 0.3) is 0 Å². The van der Waals surface area contributed by atoms with Crippen LogP contribution in [0, 0.1) is 0 Å². The van der Waals surface area contributed by atoms with Gasteiger partial charge < -0.3 is 9.26 Å². The van der Waals surface area contributed by atoms with Gasteiger partial charge in [-0.2, -0.15) is 4.98 Å². The lowest BCUT2D eigenvalue weighted by Crippen LogP contribution is -2.23. The van der Waals surface area contributed by atoms with E-state index in [4.69, 9.17) is 9.26 Å². The average Bonchev–Trinajstić information content (AvgIpc) is 3.55. The van der Waals surface area contributed by atoms with Crippen LogP contribution in [0.5, 0.6) is 5.75 Å². The maximum Gasteiger partial charge on any atom is 0.244 e. The van der Waals surface area contributed by atoms with E-state index in [0.717, 1.165) is 48.6 Å². The van der Waals surface area contributed by atoms with Gasteiger partial charge in [-0.1, -0.05) is 23.4 Å². The lowest BCUT2D eigenvalue weighted by Gasteiger charge is -2.22. The summed E-state index contributed by atoms with van der Waals surface area (Å²) < 4.78 is 13.0. The van der Waals surface area contributed by atoms with Gasteiger partial charge in [0, 0.05) is 36.3 Å². The van der Waals surface area contributed by atoms with Gasteiger partial charge >= 0.3 is 0 Å². The van der Waals surface area contributed by atoms with Gasteiger partial charge in [0.05, 0.1) is 13.2 Å². The predicted molar refractivity (Wildman–Crippen MR) is 110 cm³/mol. The number of hydrogen-bond acceptors (Lipinski definition) is 7. The van der Waals surface area contributed by atoms with Crippen molar-refractivity contribution in [1.82, 2.24) is 29.6 Å². The van der Waals surface area contributed by atoms with Crippen molar-refractivity contribution in [1.29, 1.82) is 0 Å².